The molecular weight excluding hydrogens is 200 g/mol. The minimum absolute atomic E-state index is 0.343. The normalized spacial score (nSPS) is 44.8. The molecule has 3 rings (SSSR count). The molecule has 0 aromatic rings. The van der Waals surface area contributed by atoms with Crippen molar-refractivity contribution in [2.24, 2.45) is 11.7 Å². The van der Waals surface area contributed by atoms with Crippen LogP contribution in [-0.4, -0.2) is 30.8 Å². The van der Waals surface area contributed by atoms with Gasteiger partial charge in [-0.3, -0.25) is 0 Å². The number of fused-ring (bicyclic) bond motifs is 1. The van der Waals surface area contributed by atoms with Crippen LogP contribution in [0.25, 0.3) is 0 Å². The predicted molar refractivity (Wildman–Crippen MR) is 64.2 cm³/mol. The second kappa shape index (κ2) is 4.63. The third-order valence-electron chi connectivity index (χ3n) is 4.73. The highest BCUT2D eigenvalue weighted by Crippen LogP contribution is 2.38. The summed E-state index contributed by atoms with van der Waals surface area (Å²) in [7, 11) is 0. The van der Waals surface area contributed by atoms with Crippen molar-refractivity contribution < 1.29 is 4.74 Å². The highest BCUT2D eigenvalue weighted by Gasteiger charge is 2.52. The van der Waals surface area contributed by atoms with Gasteiger partial charge in [0.25, 0.3) is 0 Å². The van der Waals surface area contributed by atoms with Crippen molar-refractivity contribution in [1.82, 2.24) is 5.32 Å². The Labute approximate surface area is 98.1 Å². The first kappa shape index (κ1) is 11.0. The van der Waals surface area contributed by atoms with Crippen molar-refractivity contribution in [2.75, 3.05) is 6.61 Å². The van der Waals surface area contributed by atoms with E-state index in [1.807, 2.05) is 0 Å². The number of ether oxygens (including phenoxy) is 1. The Kier molecular flexibility index (Phi) is 3.18. The zero-order valence-electron chi connectivity index (χ0n) is 10.0. The zero-order chi connectivity index (χ0) is 11.0. The first-order valence-electron chi connectivity index (χ1n) is 6.99. The predicted octanol–water partition coefficient (Wildman–Crippen LogP) is 1.41. The van der Waals surface area contributed by atoms with E-state index in [4.69, 9.17) is 10.5 Å². The third kappa shape index (κ3) is 1.89. The van der Waals surface area contributed by atoms with E-state index in [0.717, 1.165) is 6.61 Å². The average molecular weight is 224 g/mol. The average Bonchev–Trinajstić information content (AvgIpc) is 2.57. The molecule has 2 saturated carbocycles. The molecule has 0 radical (unpaired) electrons. The number of rotatable bonds is 2. The standard InChI is InChI=1S/C13H24N2O/c14-11-10-7-8-16-13(10)12(11)15-9-5-3-1-2-4-6-9/h9-13,15H,1-8,14H2. The van der Waals surface area contributed by atoms with Crippen LogP contribution < -0.4 is 11.1 Å². The van der Waals surface area contributed by atoms with E-state index < -0.39 is 0 Å². The van der Waals surface area contributed by atoms with Crippen molar-refractivity contribution in [3.8, 4) is 0 Å². The Balaban J connectivity index is 1.54. The fraction of sp³-hybridized carbons (Fsp3) is 1.00. The van der Waals surface area contributed by atoms with Crippen LogP contribution in [0.5, 0.6) is 0 Å². The summed E-state index contributed by atoms with van der Waals surface area (Å²) in [5.41, 5.74) is 6.22. The van der Waals surface area contributed by atoms with Gasteiger partial charge >= 0.3 is 0 Å². The summed E-state index contributed by atoms with van der Waals surface area (Å²) in [6, 6.07) is 1.48. The van der Waals surface area contributed by atoms with Crippen LogP contribution in [0.15, 0.2) is 0 Å². The van der Waals surface area contributed by atoms with Gasteiger partial charge in [-0.15, -0.1) is 0 Å². The molecule has 4 unspecified atom stereocenters. The lowest BCUT2D eigenvalue weighted by Crippen LogP contribution is -2.69. The lowest BCUT2D eigenvalue weighted by Gasteiger charge is -2.47. The molecule has 3 fully saturated rings. The molecule has 0 bridgehead atoms. The molecule has 16 heavy (non-hydrogen) atoms. The van der Waals surface area contributed by atoms with Crippen molar-refractivity contribution in [3.63, 3.8) is 0 Å². The summed E-state index contributed by atoms with van der Waals surface area (Å²) in [6.45, 7) is 0.922. The molecule has 1 saturated heterocycles. The Hall–Kier alpha value is -0.120. The van der Waals surface area contributed by atoms with Gasteiger partial charge in [0.1, 0.15) is 0 Å². The van der Waals surface area contributed by atoms with Crippen molar-refractivity contribution in [2.45, 2.75) is 69.2 Å². The molecule has 0 spiro atoms. The Morgan fingerprint density at radius 1 is 1.00 bits per heavy atom. The maximum Gasteiger partial charge on any atom is 0.0787 e. The lowest BCUT2D eigenvalue weighted by molar-refractivity contribution is -0.0231. The largest absolute Gasteiger partial charge is 0.376 e. The highest BCUT2D eigenvalue weighted by molar-refractivity contribution is 5.09. The number of nitrogens with two attached hydrogens (primary N) is 1. The van der Waals surface area contributed by atoms with E-state index in [9.17, 15) is 0 Å². The Morgan fingerprint density at radius 3 is 2.50 bits per heavy atom. The topological polar surface area (TPSA) is 47.3 Å². The van der Waals surface area contributed by atoms with Crippen molar-refractivity contribution >= 4 is 0 Å². The molecule has 4 atom stereocenters. The fourth-order valence-electron chi connectivity index (χ4n) is 3.67. The molecule has 2 aliphatic carbocycles. The Bertz CT molecular complexity index is 238. The highest BCUT2D eigenvalue weighted by atomic mass is 16.5. The monoisotopic (exact) mass is 224 g/mol. The van der Waals surface area contributed by atoms with Gasteiger partial charge in [-0.25, -0.2) is 0 Å². The quantitative estimate of drug-likeness (QED) is 0.697. The van der Waals surface area contributed by atoms with Crippen LogP contribution in [0.1, 0.15) is 44.9 Å². The van der Waals surface area contributed by atoms with Gasteiger partial charge in [-0.2, -0.15) is 0 Å². The van der Waals surface area contributed by atoms with Crippen LogP contribution in [0.4, 0.5) is 0 Å². The summed E-state index contributed by atoms with van der Waals surface area (Å²) in [4.78, 5) is 0. The van der Waals surface area contributed by atoms with Gasteiger partial charge in [-0.1, -0.05) is 25.7 Å². The van der Waals surface area contributed by atoms with Crippen LogP contribution in [0.2, 0.25) is 0 Å². The van der Waals surface area contributed by atoms with Gasteiger partial charge in [0.05, 0.1) is 6.10 Å². The van der Waals surface area contributed by atoms with Crippen LogP contribution in [0, 0.1) is 5.92 Å². The van der Waals surface area contributed by atoms with Crippen LogP contribution in [0.3, 0.4) is 0 Å². The molecular formula is C13H24N2O. The number of hydrogen-bond acceptors (Lipinski definition) is 3. The van der Waals surface area contributed by atoms with E-state index in [0.29, 0.717) is 30.1 Å². The van der Waals surface area contributed by atoms with Crippen molar-refractivity contribution in [1.29, 1.82) is 0 Å². The second-order valence-corrected chi connectivity index (χ2v) is 5.75. The Morgan fingerprint density at radius 2 is 1.75 bits per heavy atom. The van der Waals surface area contributed by atoms with E-state index in [2.05, 4.69) is 5.32 Å². The summed E-state index contributed by atoms with van der Waals surface area (Å²) in [5, 5.41) is 3.77. The lowest BCUT2D eigenvalue weighted by atomic mass is 9.71. The maximum absolute atomic E-state index is 6.22. The molecule has 92 valence electrons. The third-order valence-corrected chi connectivity index (χ3v) is 4.73. The fourth-order valence-corrected chi connectivity index (χ4v) is 3.67. The van der Waals surface area contributed by atoms with Gasteiger partial charge in [-0.05, 0) is 19.3 Å². The van der Waals surface area contributed by atoms with Crippen LogP contribution >= 0.6 is 0 Å². The number of hydrogen-bond donors (Lipinski definition) is 2. The van der Waals surface area contributed by atoms with E-state index >= 15 is 0 Å². The molecule has 3 aliphatic rings. The molecule has 3 heteroatoms. The summed E-state index contributed by atoms with van der Waals surface area (Å²) in [5.74, 6) is 0.642. The smallest absolute Gasteiger partial charge is 0.0787 e. The summed E-state index contributed by atoms with van der Waals surface area (Å²) >= 11 is 0. The summed E-state index contributed by atoms with van der Waals surface area (Å²) in [6.07, 6.45) is 9.87. The molecule has 3 nitrogen and oxygen atoms in total. The van der Waals surface area contributed by atoms with Gasteiger partial charge in [0.2, 0.25) is 0 Å². The number of nitrogens with one attached hydrogen (secondary N) is 1. The van der Waals surface area contributed by atoms with E-state index in [1.54, 1.807) is 0 Å². The van der Waals surface area contributed by atoms with Gasteiger partial charge in [0, 0.05) is 30.7 Å². The maximum atomic E-state index is 6.22. The molecule has 1 aliphatic heterocycles. The van der Waals surface area contributed by atoms with Gasteiger partial charge < -0.3 is 15.8 Å². The van der Waals surface area contributed by atoms with E-state index in [1.165, 1.54) is 44.9 Å². The first-order valence-corrected chi connectivity index (χ1v) is 6.99. The molecule has 3 N–H and O–H groups in total. The first-order chi connectivity index (χ1) is 7.86. The van der Waals surface area contributed by atoms with Crippen LogP contribution in [-0.2, 0) is 4.74 Å². The summed E-state index contributed by atoms with van der Waals surface area (Å²) < 4.78 is 5.77. The molecule has 0 amide bonds. The zero-order valence-corrected chi connectivity index (χ0v) is 10.0. The van der Waals surface area contributed by atoms with Gasteiger partial charge in [0.15, 0.2) is 0 Å². The molecule has 0 aromatic carbocycles. The second-order valence-electron chi connectivity index (χ2n) is 5.75. The minimum Gasteiger partial charge on any atom is -0.376 e. The SMILES string of the molecule is NC1C2CCOC2C1NC1CCCCCC1. The van der Waals surface area contributed by atoms with Crippen molar-refractivity contribution in [3.05, 3.63) is 0 Å². The molecule has 1 heterocycles. The minimum atomic E-state index is 0.343. The molecule has 0 aromatic heterocycles. The van der Waals surface area contributed by atoms with E-state index in [-0.39, 0.29) is 0 Å².